The smallest absolute Gasteiger partial charge is 0.306 e. The Labute approximate surface area is 182 Å². The molecule has 0 heterocycles. The first kappa shape index (κ1) is 22.3. The van der Waals surface area contributed by atoms with Gasteiger partial charge >= 0.3 is 5.97 Å². The van der Waals surface area contributed by atoms with E-state index in [9.17, 15) is 14.4 Å². The molecule has 1 aliphatic carbocycles. The molecule has 2 aromatic rings. The van der Waals surface area contributed by atoms with Crippen LogP contribution in [0.4, 0.5) is 11.4 Å². The number of amides is 2. The van der Waals surface area contributed by atoms with Crippen LogP contribution in [-0.2, 0) is 14.3 Å². The summed E-state index contributed by atoms with van der Waals surface area (Å²) in [4.78, 5) is 36.2. The zero-order valence-electron chi connectivity index (χ0n) is 17.7. The molecule has 2 N–H and O–H groups in total. The number of ether oxygens (including phenoxy) is 2. The molecule has 7 nitrogen and oxygen atoms in total. The summed E-state index contributed by atoms with van der Waals surface area (Å²) in [6.45, 7) is 2.18. The van der Waals surface area contributed by atoms with Crippen LogP contribution in [0.3, 0.4) is 0 Å². The van der Waals surface area contributed by atoms with Crippen molar-refractivity contribution in [2.24, 2.45) is 5.92 Å². The van der Waals surface area contributed by atoms with Crippen LogP contribution < -0.4 is 15.4 Å². The second-order valence-corrected chi connectivity index (χ2v) is 7.55. The maximum Gasteiger partial charge on any atom is 0.306 e. The maximum absolute atomic E-state index is 12.4. The van der Waals surface area contributed by atoms with Gasteiger partial charge in [-0.05, 0) is 74.2 Å². The Morgan fingerprint density at radius 1 is 0.903 bits per heavy atom. The minimum absolute atomic E-state index is 0.261. The summed E-state index contributed by atoms with van der Waals surface area (Å²) in [5.41, 5.74) is 1.63. The molecule has 1 fully saturated rings. The monoisotopic (exact) mass is 424 g/mol. The van der Waals surface area contributed by atoms with Crippen LogP contribution in [0.15, 0.2) is 48.5 Å². The molecule has 0 radical (unpaired) electrons. The number of carbonyl (C=O) groups is 3. The lowest BCUT2D eigenvalue weighted by atomic mass is 10.1. The van der Waals surface area contributed by atoms with E-state index in [1.54, 1.807) is 48.5 Å². The standard InChI is InChI=1S/C24H28N2O5/c1-2-30-21-13-11-20(12-14-21)26-24(29)18-7-9-19(10-8-18)25-22(27)16-31-23(28)15-17-5-3-4-6-17/h7-14,17H,2-6,15-16H2,1H3,(H,25,27)(H,26,29). The van der Waals surface area contributed by atoms with Crippen molar-refractivity contribution in [3.63, 3.8) is 0 Å². The van der Waals surface area contributed by atoms with Gasteiger partial charge < -0.3 is 20.1 Å². The highest BCUT2D eigenvalue weighted by Crippen LogP contribution is 2.27. The van der Waals surface area contributed by atoms with E-state index in [2.05, 4.69) is 10.6 Å². The molecule has 1 aliphatic rings. The summed E-state index contributed by atoms with van der Waals surface area (Å²) < 4.78 is 10.4. The average Bonchev–Trinajstić information content (AvgIpc) is 3.27. The quantitative estimate of drug-likeness (QED) is 0.582. The summed E-state index contributed by atoms with van der Waals surface area (Å²) in [5.74, 6) is 0.124. The Morgan fingerprint density at radius 3 is 2.16 bits per heavy atom. The van der Waals surface area contributed by atoms with E-state index in [1.165, 1.54) is 0 Å². The molecule has 0 aliphatic heterocycles. The summed E-state index contributed by atoms with van der Waals surface area (Å²) >= 11 is 0. The Morgan fingerprint density at radius 2 is 1.52 bits per heavy atom. The average molecular weight is 424 g/mol. The van der Waals surface area contributed by atoms with Crippen molar-refractivity contribution in [1.29, 1.82) is 0 Å². The summed E-state index contributed by atoms with van der Waals surface area (Å²) in [7, 11) is 0. The number of rotatable bonds is 9. The van der Waals surface area contributed by atoms with Crippen LogP contribution in [0.2, 0.25) is 0 Å². The van der Waals surface area contributed by atoms with Crippen molar-refractivity contribution in [1.82, 2.24) is 0 Å². The van der Waals surface area contributed by atoms with Gasteiger partial charge in [0.25, 0.3) is 11.8 Å². The minimum atomic E-state index is -0.411. The molecule has 3 rings (SSSR count). The Bertz CT molecular complexity index is 887. The van der Waals surface area contributed by atoms with Crippen LogP contribution >= 0.6 is 0 Å². The third kappa shape index (κ3) is 7.13. The first-order chi connectivity index (χ1) is 15.0. The molecule has 0 aromatic heterocycles. The van der Waals surface area contributed by atoms with Crippen molar-refractivity contribution >= 4 is 29.2 Å². The number of benzene rings is 2. The Balaban J connectivity index is 1.43. The number of hydrogen-bond acceptors (Lipinski definition) is 5. The Hall–Kier alpha value is -3.35. The molecule has 0 unspecified atom stereocenters. The van der Waals surface area contributed by atoms with E-state index in [0.29, 0.717) is 35.9 Å². The first-order valence-corrected chi connectivity index (χ1v) is 10.6. The number of carbonyl (C=O) groups excluding carboxylic acids is 3. The van der Waals surface area contributed by atoms with E-state index >= 15 is 0 Å². The molecular formula is C24H28N2O5. The van der Waals surface area contributed by atoms with Crippen molar-refractivity contribution in [2.45, 2.75) is 39.0 Å². The van der Waals surface area contributed by atoms with Gasteiger partial charge in [0, 0.05) is 23.4 Å². The fourth-order valence-corrected chi connectivity index (χ4v) is 3.56. The van der Waals surface area contributed by atoms with Gasteiger partial charge in [0.05, 0.1) is 6.61 Å². The van der Waals surface area contributed by atoms with Crippen molar-refractivity contribution in [2.75, 3.05) is 23.8 Å². The highest BCUT2D eigenvalue weighted by molar-refractivity contribution is 6.04. The summed E-state index contributed by atoms with van der Waals surface area (Å²) in [5, 5.41) is 5.47. The van der Waals surface area contributed by atoms with Gasteiger partial charge in [0.15, 0.2) is 6.61 Å². The SMILES string of the molecule is CCOc1ccc(NC(=O)c2ccc(NC(=O)COC(=O)CC3CCCC3)cc2)cc1. The predicted octanol–water partition coefficient (Wildman–Crippen LogP) is 4.40. The largest absolute Gasteiger partial charge is 0.494 e. The molecule has 0 atom stereocenters. The number of esters is 1. The molecule has 7 heteroatoms. The predicted molar refractivity (Wildman–Crippen MR) is 118 cm³/mol. The van der Waals surface area contributed by atoms with Crippen LogP contribution in [0.1, 0.15) is 49.4 Å². The second kappa shape index (κ2) is 11.2. The topological polar surface area (TPSA) is 93.7 Å². The lowest BCUT2D eigenvalue weighted by Crippen LogP contribution is -2.21. The second-order valence-electron chi connectivity index (χ2n) is 7.55. The summed E-state index contributed by atoms with van der Waals surface area (Å²) in [6.07, 6.45) is 4.81. The maximum atomic E-state index is 12.4. The van der Waals surface area contributed by atoms with Crippen LogP contribution in [0.5, 0.6) is 5.75 Å². The third-order valence-electron chi connectivity index (χ3n) is 5.15. The highest BCUT2D eigenvalue weighted by Gasteiger charge is 2.19. The van der Waals surface area contributed by atoms with E-state index in [4.69, 9.17) is 9.47 Å². The van der Waals surface area contributed by atoms with Gasteiger partial charge in [-0.25, -0.2) is 0 Å². The molecular weight excluding hydrogens is 396 g/mol. The molecule has 164 valence electrons. The Kier molecular flexibility index (Phi) is 8.04. The molecule has 2 amide bonds. The van der Waals surface area contributed by atoms with Crippen LogP contribution in [0, 0.1) is 5.92 Å². The molecule has 2 aromatic carbocycles. The van der Waals surface area contributed by atoms with Gasteiger partial charge in [-0.3, -0.25) is 14.4 Å². The van der Waals surface area contributed by atoms with Gasteiger partial charge in [0.2, 0.25) is 0 Å². The fraction of sp³-hybridized carbons (Fsp3) is 0.375. The minimum Gasteiger partial charge on any atom is -0.494 e. The van der Waals surface area contributed by atoms with E-state index in [1.807, 2.05) is 6.92 Å². The van der Waals surface area contributed by atoms with Crippen molar-refractivity contribution in [3.8, 4) is 5.75 Å². The molecule has 0 spiro atoms. The third-order valence-corrected chi connectivity index (χ3v) is 5.15. The van der Waals surface area contributed by atoms with Gasteiger partial charge in [-0.2, -0.15) is 0 Å². The normalized spacial score (nSPS) is 13.5. The number of hydrogen-bond donors (Lipinski definition) is 2. The molecule has 0 bridgehead atoms. The number of anilines is 2. The van der Waals surface area contributed by atoms with Crippen LogP contribution in [-0.4, -0.2) is 31.0 Å². The fourth-order valence-electron chi connectivity index (χ4n) is 3.56. The van der Waals surface area contributed by atoms with Crippen molar-refractivity contribution < 1.29 is 23.9 Å². The zero-order chi connectivity index (χ0) is 22.1. The molecule has 31 heavy (non-hydrogen) atoms. The van der Waals surface area contributed by atoms with E-state index in [-0.39, 0.29) is 18.5 Å². The summed E-state index contributed by atoms with van der Waals surface area (Å²) in [6, 6.07) is 13.6. The van der Waals surface area contributed by atoms with E-state index < -0.39 is 5.91 Å². The van der Waals surface area contributed by atoms with Gasteiger partial charge in [-0.1, -0.05) is 12.8 Å². The van der Waals surface area contributed by atoms with Crippen LogP contribution in [0.25, 0.3) is 0 Å². The van der Waals surface area contributed by atoms with E-state index in [0.717, 1.165) is 31.4 Å². The number of nitrogens with one attached hydrogen (secondary N) is 2. The molecule has 1 saturated carbocycles. The lowest BCUT2D eigenvalue weighted by molar-refractivity contribution is -0.148. The zero-order valence-corrected chi connectivity index (χ0v) is 17.7. The lowest BCUT2D eigenvalue weighted by Gasteiger charge is -2.10. The van der Waals surface area contributed by atoms with Gasteiger partial charge in [0.1, 0.15) is 5.75 Å². The van der Waals surface area contributed by atoms with Gasteiger partial charge in [-0.15, -0.1) is 0 Å². The molecule has 0 saturated heterocycles. The first-order valence-electron chi connectivity index (χ1n) is 10.6. The highest BCUT2D eigenvalue weighted by atomic mass is 16.5. The van der Waals surface area contributed by atoms with Crippen molar-refractivity contribution in [3.05, 3.63) is 54.1 Å².